The first kappa shape index (κ1) is 18.0. The van der Waals surface area contributed by atoms with Crippen molar-refractivity contribution in [2.24, 2.45) is 0 Å². The predicted octanol–water partition coefficient (Wildman–Crippen LogP) is 3.05. The molecule has 2 aliphatic heterocycles. The van der Waals surface area contributed by atoms with Gasteiger partial charge in [-0.15, -0.1) is 0 Å². The van der Waals surface area contributed by atoms with Gasteiger partial charge in [0.2, 0.25) is 0 Å². The second-order valence-corrected chi connectivity index (χ2v) is 9.62. The van der Waals surface area contributed by atoms with Crippen LogP contribution in [-0.4, -0.2) is 42.9 Å². The molecule has 0 bridgehead atoms. The Bertz CT molecular complexity index is 1000. The first-order chi connectivity index (χ1) is 12.7. The second-order valence-electron chi connectivity index (χ2n) is 7.47. The predicted molar refractivity (Wildman–Crippen MR) is 102 cm³/mol. The molecule has 2 aromatic rings. The number of halogens is 1. The summed E-state index contributed by atoms with van der Waals surface area (Å²) in [6, 6.07) is 10.8. The summed E-state index contributed by atoms with van der Waals surface area (Å²) in [5.41, 5.74) is 3.39. The highest BCUT2D eigenvalue weighted by Gasteiger charge is 2.53. The molecule has 0 aliphatic carbocycles. The van der Waals surface area contributed by atoms with E-state index in [4.69, 9.17) is 0 Å². The molecule has 2 atom stereocenters. The van der Waals surface area contributed by atoms with Gasteiger partial charge in [-0.1, -0.05) is 18.2 Å². The summed E-state index contributed by atoms with van der Waals surface area (Å²) in [6.45, 7) is 4.09. The number of carbonyl (C=O) groups is 1. The zero-order valence-corrected chi connectivity index (χ0v) is 16.0. The monoisotopic (exact) mass is 388 g/mol. The van der Waals surface area contributed by atoms with Crippen LogP contribution in [0.5, 0.6) is 0 Å². The molecule has 0 radical (unpaired) electrons. The summed E-state index contributed by atoms with van der Waals surface area (Å²) in [4.78, 5) is 16.4. The van der Waals surface area contributed by atoms with Gasteiger partial charge in [-0.3, -0.25) is 4.90 Å². The largest absolute Gasteiger partial charge is 0.325 e. The summed E-state index contributed by atoms with van der Waals surface area (Å²) in [6.07, 6.45) is 0. The molecule has 2 saturated heterocycles. The lowest BCUT2D eigenvalue weighted by Crippen LogP contribution is -2.37. The SMILES string of the molecule is Cc1cc(C)cc(N2C(=O)N(Cc3cccc(F)c3)[C@@H]3CS(=O)(=O)C[C@H]32)c1. The van der Waals surface area contributed by atoms with E-state index >= 15 is 0 Å². The maximum absolute atomic E-state index is 13.6. The van der Waals surface area contributed by atoms with E-state index in [0.717, 1.165) is 11.1 Å². The first-order valence-corrected chi connectivity index (χ1v) is 10.7. The molecular formula is C20H21FN2O3S. The van der Waals surface area contributed by atoms with Crippen molar-refractivity contribution in [3.8, 4) is 0 Å². The van der Waals surface area contributed by atoms with Crippen LogP contribution >= 0.6 is 0 Å². The van der Waals surface area contributed by atoms with Crippen LogP contribution in [0, 0.1) is 19.7 Å². The minimum atomic E-state index is -3.23. The maximum atomic E-state index is 13.6. The quantitative estimate of drug-likeness (QED) is 0.760. The van der Waals surface area contributed by atoms with Crippen molar-refractivity contribution < 1.29 is 17.6 Å². The van der Waals surface area contributed by atoms with Gasteiger partial charge in [-0.25, -0.2) is 17.6 Å². The molecule has 2 heterocycles. The Hall–Kier alpha value is -2.41. The average molecular weight is 388 g/mol. The molecule has 27 heavy (non-hydrogen) atoms. The van der Waals surface area contributed by atoms with E-state index in [1.54, 1.807) is 21.9 Å². The van der Waals surface area contributed by atoms with Gasteiger partial charge in [0, 0.05) is 12.2 Å². The molecule has 7 heteroatoms. The molecular weight excluding hydrogens is 367 g/mol. The molecule has 0 unspecified atom stereocenters. The fourth-order valence-electron chi connectivity index (χ4n) is 4.19. The Kier molecular flexibility index (Phi) is 4.22. The van der Waals surface area contributed by atoms with E-state index in [2.05, 4.69) is 0 Å². The molecule has 5 nitrogen and oxygen atoms in total. The Morgan fingerprint density at radius 2 is 1.70 bits per heavy atom. The van der Waals surface area contributed by atoms with Crippen LogP contribution < -0.4 is 4.90 Å². The number of sulfone groups is 1. The van der Waals surface area contributed by atoms with Crippen LogP contribution in [0.2, 0.25) is 0 Å². The van der Waals surface area contributed by atoms with Gasteiger partial charge >= 0.3 is 6.03 Å². The highest BCUT2D eigenvalue weighted by molar-refractivity contribution is 7.91. The van der Waals surface area contributed by atoms with E-state index in [-0.39, 0.29) is 29.9 Å². The second kappa shape index (κ2) is 6.34. The topological polar surface area (TPSA) is 57.7 Å². The highest BCUT2D eigenvalue weighted by Crippen LogP contribution is 2.36. The van der Waals surface area contributed by atoms with Gasteiger partial charge in [0.15, 0.2) is 9.84 Å². The highest BCUT2D eigenvalue weighted by atomic mass is 32.2. The number of urea groups is 1. The van der Waals surface area contributed by atoms with E-state index in [1.807, 2.05) is 32.0 Å². The number of anilines is 1. The molecule has 4 rings (SSSR count). The molecule has 2 aliphatic rings. The Labute approximate surface area is 158 Å². The lowest BCUT2D eigenvalue weighted by molar-refractivity contribution is 0.206. The van der Waals surface area contributed by atoms with Gasteiger partial charge in [0.05, 0.1) is 23.6 Å². The summed E-state index contributed by atoms with van der Waals surface area (Å²) >= 11 is 0. The van der Waals surface area contributed by atoms with E-state index in [0.29, 0.717) is 11.3 Å². The van der Waals surface area contributed by atoms with Crippen LogP contribution in [0.3, 0.4) is 0 Å². The van der Waals surface area contributed by atoms with E-state index in [9.17, 15) is 17.6 Å². The Morgan fingerprint density at radius 1 is 1.04 bits per heavy atom. The third-order valence-electron chi connectivity index (χ3n) is 5.20. The molecule has 0 saturated carbocycles. The third-order valence-corrected chi connectivity index (χ3v) is 6.90. The number of carbonyl (C=O) groups excluding carboxylic acids is 1. The molecule has 2 amide bonds. The van der Waals surface area contributed by atoms with Gasteiger partial charge in [0.25, 0.3) is 0 Å². The van der Waals surface area contributed by atoms with Crippen molar-refractivity contribution in [2.45, 2.75) is 32.5 Å². The molecule has 2 aromatic carbocycles. The molecule has 0 N–H and O–H groups in total. The number of aryl methyl sites for hydroxylation is 2. The maximum Gasteiger partial charge on any atom is 0.325 e. The number of amides is 2. The summed E-state index contributed by atoms with van der Waals surface area (Å²) in [5, 5.41) is 0. The van der Waals surface area contributed by atoms with Crippen molar-refractivity contribution in [2.75, 3.05) is 16.4 Å². The Balaban J connectivity index is 1.73. The van der Waals surface area contributed by atoms with Crippen LogP contribution in [0.1, 0.15) is 16.7 Å². The average Bonchev–Trinajstić information content (AvgIpc) is 2.98. The van der Waals surface area contributed by atoms with Crippen LogP contribution in [0.15, 0.2) is 42.5 Å². The number of hydrogen-bond acceptors (Lipinski definition) is 3. The molecule has 0 aromatic heterocycles. The fraction of sp³-hybridized carbons (Fsp3) is 0.350. The summed E-state index contributed by atoms with van der Waals surface area (Å²) in [5.74, 6) is -0.475. The van der Waals surface area contributed by atoms with Crippen molar-refractivity contribution in [1.29, 1.82) is 0 Å². The molecule has 2 fully saturated rings. The normalized spacial score (nSPS) is 23.7. The molecule has 142 valence electrons. The van der Waals surface area contributed by atoms with Crippen molar-refractivity contribution in [3.05, 3.63) is 65.0 Å². The number of hydrogen-bond donors (Lipinski definition) is 0. The molecule has 0 spiro atoms. The van der Waals surface area contributed by atoms with Gasteiger partial charge in [-0.05, 0) is 54.8 Å². The first-order valence-electron chi connectivity index (χ1n) is 8.86. The van der Waals surface area contributed by atoms with Crippen LogP contribution in [0.4, 0.5) is 14.9 Å². The van der Waals surface area contributed by atoms with Crippen molar-refractivity contribution in [3.63, 3.8) is 0 Å². The standard InChI is InChI=1S/C20H21FN2O3S/c1-13-6-14(2)8-17(7-13)23-19-12-27(25,26)11-18(19)22(20(23)24)10-15-4-3-5-16(21)9-15/h3-9,18-19H,10-12H2,1-2H3/t18-,19-/m1/s1. The zero-order valence-electron chi connectivity index (χ0n) is 15.2. The number of nitrogens with zero attached hydrogens (tertiary/aromatic N) is 2. The Morgan fingerprint density at radius 3 is 2.37 bits per heavy atom. The minimum Gasteiger partial charge on any atom is -0.314 e. The van der Waals surface area contributed by atoms with Crippen LogP contribution in [0.25, 0.3) is 0 Å². The summed E-state index contributed by atoms with van der Waals surface area (Å²) in [7, 11) is -3.23. The lowest BCUT2D eigenvalue weighted by atomic mass is 10.1. The van der Waals surface area contributed by atoms with Crippen molar-refractivity contribution in [1.82, 2.24) is 4.90 Å². The van der Waals surface area contributed by atoms with Gasteiger partial charge in [0.1, 0.15) is 5.82 Å². The zero-order chi connectivity index (χ0) is 19.3. The van der Waals surface area contributed by atoms with Gasteiger partial charge < -0.3 is 4.90 Å². The van der Waals surface area contributed by atoms with Crippen molar-refractivity contribution >= 4 is 21.6 Å². The number of fused-ring (bicyclic) bond motifs is 1. The number of rotatable bonds is 3. The fourth-order valence-corrected chi connectivity index (χ4v) is 6.14. The van der Waals surface area contributed by atoms with E-state index in [1.165, 1.54) is 12.1 Å². The van der Waals surface area contributed by atoms with Gasteiger partial charge in [-0.2, -0.15) is 0 Å². The number of benzene rings is 2. The summed E-state index contributed by atoms with van der Waals surface area (Å²) < 4.78 is 38.1. The van der Waals surface area contributed by atoms with E-state index < -0.39 is 21.9 Å². The lowest BCUT2D eigenvalue weighted by Gasteiger charge is -2.23. The smallest absolute Gasteiger partial charge is 0.314 e. The third kappa shape index (κ3) is 3.32. The van der Waals surface area contributed by atoms with Crippen LogP contribution in [-0.2, 0) is 16.4 Å². The minimum absolute atomic E-state index is 0.0456.